The molecule has 1 aliphatic heterocycles. The number of hydrogen-bond donors (Lipinski definition) is 2. The summed E-state index contributed by atoms with van der Waals surface area (Å²) in [5, 5.41) is 2.32. The Morgan fingerprint density at radius 3 is 2.39 bits per heavy atom. The van der Waals surface area contributed by atoms with Crippen molar-refractivity contribution in [2.75, 3.05) is 38.0 Å². The van der Waals surface area contributed by atoms with Crippen LogP contribution in [-0.4, -0.2) is 51.4 Å². The molecule has 1 aliphatic rings. The predicted octanol–water partition coefficient (Wildman–Crippen LogP) is 0.632. The minimum Gasteiger partial charge on any atom is -0.325 e. The lowest BCUT2D eigenvalue weighted by atomic mass is 10.3. The van der Waals surface area contributed by atoms with Crippen LogP contribution in [0.25, 0.3) is 0 Å². The zero-order chi connectivity index (χ0) is 20.3. The molecule has 0 atom stereocenters. The van der Waals surface area contributed by atoms with Gasteiger partial charge in [0.05, 0.1) is 36.8 Å². The smallest absolute Gasteiger partial charge is 0.279 e. The fourth-order valence-corrected chi connectivity index (χ4v) is 4.48. The molecule has 28 heavy (non-hydrogen) atoms. The van der Waals surface area contributed by atoms with Crippen molar-refractivity contribution in [1.29, 1.82) is 0 Å². The zero-order valence-electron chi connectivity index (χ0n) is 14.8. The van der Waals surface area contributed by atoms with Gasteiger partial charge in [0.15, 0.2) is 6.54 Å². The molecule has 0 aromatic heterocycles. The molecule has 6 nitrogen and oxygen atoms in total. The van der Waals surface area contributed by atoms with E-state index in [1.54, 1.807) is 0 Å². The summed E-state index contributed by atoms with van der Waals surface area (Å²) in [4.78, 5) is 12.8. The van der Waals surface area contributed by atoms with Gasteiger partial charge < -0.3 is 10.2 Å². The fraction of sp³-hybridized carbons (Fsp3) is 0.278. The third-order valence-corrected chi connectivity index (χ3v) is 6.37. The number of benzene rings is 2. The van der Waals surface area contributed by atoms with E-state index in [0.717, 1.165) is 29.2 Å². The van der Waals surface area contributed by atoms with Gasteiger partial charge in [-0.2, -0.15) is 4.31 Å². The van der Waals surface area contributed by atoms with Crippen LogP contribution < -0.4 is 10.2 Å². The van der Waals surface area contributed by atoms with E-state index < -0.39 is 33.4 Å². The molecule has 2 aromatic rings. The van der Waals surface area contributed by atoms with Crippen molar-refractivity contribution in [3.8, 4) is 0 Å². The second kappa shape index (κ2) is 8.29. The van der Waals surface area contributed by atoms with Crippen LogP contribution >= 0.6 is 0 Å². The average molecular weight is 414 g/mol. The minimum absolute atomic E-state index is 0.0101. The molecule has 3 rings (SSSR count). The van der Waals surface area contributed by atoms with Gasteiger partial charge in [-0.05, 0) is 30.3 Å². The number of halogens is 3. The summed E-state index contributed by atoms with van der Waals surface area (Å²) in [7, 11) is -3.81. The summed E-state index contributed by atoms with van der Waals surface area (Å²) in [6.07, 6.45) is 0. The van der Waals surface area contributed by atoms with Gasteiger partial charge in [0, 0.05) is 6.07 Å². The van der Waals surface area contributed by atoms with Gasteiger partial charge in [-0.15, -0.1) is 0 Å². The van der Waals surface area contributed by atoms with Crippen LogP contribution in [0.1, 0.15) is 0 Å². The quantitative estimate of drug-likeness (QED) is 0.754. The summed E-state index contributed by atoms with van der Waals surface area (Å²) in [5.41, 5.74) is -0.239. The maximum atomic E-state index is 13.6. The molecule has 0 spiro atoms. The SMILES string of the molecule is O=C(C[NH+]1CCN(S(=O)(=O)c2cccc(F)c2)CC1)Nc1cc(F)ccc1F. The van der Waals surface area contributed by atoms with Crippen molar-refractivity contribution < 1.29 is 31.3 Å². The van der Waals surface area contributed by atoms with Crippen LogP contribution in [0.15, 0.2) is 47.4 Å². The van der Waals surface area contributed by atoms with Gasteiger partial charge >= 0.3 is 0 Å². The van der Waals surface area contributed by atoms with E-state index in [2.05, 4.69) is 5.32 Å². The van der Waals surface area contributed by atoms with E-state index in [0.29, 0.717) is 13.1 Å². The summed E-state index contributed by atoms with van der Waals surface area (Å²) in [6.45, 7) is 1.02. The Kier molecular flexibility index (Phi) is 6.01. The number of anilines is 1. The number of hydrogen-bond acceptors (Lipinski definition) is 3. The van der Waals surface area contributed by atoms with E-state index >= 15 is 0 Å². The molecule has 150 valence electrons. The van der Waals surface area contributed by atoms with E-state index in [9.17, 15) is 26.4 Å². The molecule has 1 heterocycles. The Bertz CT molecular complexity index is 977. The Labute approximate surface area is 160 Å². The molecule has 0 unspecified atom stereocenters. The maximum absolute atomic E-state index is 13.6. The number of quaternary nitrogens is 1. The first-order chi connectivity index (χ1) is 13.3. The number of carbonyl (C=O) groups is 1. The highest BCUT2D eigenvalue weighted by Gasteiger charge is 2.31. The molecule has 10 heteroatoms. The maximum Gasteiger partial charge on any atom is 0.279 e. The van der Waals surface area contributed by atoms with E-state index in [4.69, 9.17) is 0 Å². The summed E-state index contributed by atoms with van der Waals surface area (Å²) < 4.78 is 66.5. The number of nitrogens with zero attached hydrogens (tertiary/aromatic N) is 1. The van der Waals surface area contributed by atoms with Gasteiger partial charge in [-0.25, -0.2) is 21.6 Å². The van der Waals surface area contributed by atoms with Crippen molar-refractivity contribution in [1.82, 2.24) is 4.31 Å². The normalized spacial score (nSPS) is 16.1. The molecule has 0 aliphatic carbocycles. The fourth-order valence-electron chi connectivity index (χ4n) is 3.01. The van der Waals surface area contributed by atoms with E-state index in [1.807, 2.05) is 0 Å². The summed E-state index contributed by atoms with van der Waals surface area (Å²) in [6, 6.07) is 7.57. The molecule has 2 N–H and O–H groups in total. The molecule has 2 aromatic carbocycles. The molecule has 0 bridgehead atoms. The monoisotopic (exact) mass is 414 g/mol. The number of piperazine rings is 1. The Morgan fingerprint density at radius 1 is 1.04 bits per heavy atom. The molecule has 1 amide bonds. The standard InChI is InChI=1S/C18H18F3N3O3S/c19-13-2-1-3-15(10-13)28(26,27)24-8-6-23(7-9-24)12-18(25)22-17-11-14(20)4-5-16(17)21/h1-5,10-11H,6-9,12H2,(H,22,25)/p+1. The van der Waals surface area contributed by atoms with Crippen LogP contribution in [0.4, 0.5) is 18.9 Å². The first kappa shape index (κ1) is 20.3. The van der Waals surface area contributed by atoms with Crippen molar-refractivity contribution in [2.45, 2.75) is 4.90 Å². The van der Waals surface area contributed by atoms with Crippen LogP contribution in [0, 0.1) is 17.5 Å². The number of sulfonamides is 1. The Balaban J connectivity index is 1.56. The molecule has 1 fully saturated rings. The third kappa shape index (κ3) is 4.70. The lowest BCUT2D eigenvalue weighted by Crippen LogP contribution is -3.15. The number of amides is 1. The van der Waals surface area contributed by atoms with Crippen molar-refractivity contribution in [3.05, 3.63) is 59.9 Å². The van der Waals surface area contributed by atoms with Gasteiger partial charge in [0.25, 0.3) is 5.91 Å². The highest BCUT2D eigenvalue weighted by atomic mass is 32.2. The van der Waals surface area contributed by atoms with Crippen LogP contribution in [0.3, 0.4) is 0 Å². The first-order valence-electron chi connectivity index (χ1n) is 8.60. The second-order valence-electron chi connectivity index (χ2n) is 6.46. The Morgan fingerprint density at radius 2 is 1.71 bits per heavy atom. The summed E-state index contributed by atoms with van der Waals surface area (Å²) >= 11 is 0. The molecule has 0 saturated carbocycles. The number of nitrogens with one attached hydrogen (secondary N) is 2. The number of carbonyl (C=O) groups excluding carboxylic acids is 1. The van der Waals surface area contributed by atoms with Crippen LogP contribution in [0.5, 0.6) is 0 Å². The van der Waals surface area contributed by atoms with Crippen molar-refractivity contribution in [3.63, 3.8) is 0 Å². The van der Waals surface area contributed by atoms with Crippen LogP contribution in [-0.2, 0) is 14.8 Å². The molecular weight excluding hydrogens is 395 g/mol. The Hall–Kier alpha value is -2.43. The van der Waals surface area contributed by atoms with Crippen LogP contribution in [0.2, 0.25) is 0 Å². The molecular formula is C18H19F3N3O3S+. The predicted molar refractivity (Wildman–Crippen MR) is 95.7 cm³/mol. The molecule has 0 radical (unpaired) electrons. The average Bonchev–Trinajstić information content (AvgIpc) is 2.65. The topological polar surface area (TPSA) is 70.9 Å². The minimum atomic E-state index is -3.81. The van der Waals surface area contributed by atoms with Crippen molar-refractivity contribution >= 4 is 21.6 Å². The lowest BCUT2D eigenvalue weighted by molar-refractivity contribution is -0.895. The van der Waals surface area contributed by atoms with E-state index in [-0.39, 0.29) is 30.2 Å². The highest BCUT2D eigenvalue weighted by Crippen LogP contribution is 2.17. The van der Waals surface area contributed by atoms with Gasteiger partial charge in [0.2, 0.25) is 10.0 Å². The lowest BCUT2D eigenvalue weighted by Gasteiger charge is -2.31. The van der Waals surface area contributed by atoms with Crippen molar-refractivity contribution in [2.24, 2.45) is 0 Å². The second-order valence-corrected chi connectivity index (χ2v) is 8.40. The molecule has 1 saturated heterocycles. The third-order valence-electron chi connectivity index (χ3n) is 4.48. The first-order valence-corrected chi connectivity index (χ1v) is 10.0. The van der Waals surface area contributed by atoms with Gasteiger partial charge in [-0.3, -0.25) is 4.79 Å². The number of rotatable bonds is 5. The summed E-state index contributed by atoms with van der Waals surface area (Å²) in [5.74, 6) is -2.54. The largest absolute Gasteiger partial charge is 0.325 e. The highest BCUT2D eigenvalue weighted by molar-refractivity contribution is 7.89. The van der Waals surface area contributed by atoms with Gasteiger partial charge in [0.1, 0.15) is 17.5 Å². The zero-order valence-corrected chi connectivity index (χ0v) is 15.6. The van der Waals surface area contributed by atoms with E-state index in [1.165, 1.54) is 22.5 Å². The van der Waals surface area contributed by atoms with Gasteiger partial charge in [-0.1, -0.05) is 6.07 Å².